The third-order valence-electron chi connectivity index (χ3n) is 4.13. The van der Waals surface area contributed by atoms with Gasteiger partial charge in [0, 0.05) is 11.2 Å². The van der Waals surface area contributed by atoms with E-state index in [4.69, 9.17) is 4.74 Å². The molecule has 3 heteroatoms. The summed E-state index contributed by atoms with van der Waals surface area (Å²) >= 11 is 1.81. The first-order chi connectivity index (χ1) is 8.25. The molecule has 2 aliphatic rings. The first kappa shape index (κ1) is 11.4. The average molecular weight is 250 g/mol. The molecule has 1 fully saturated rings. The Hall–Kier alpha value is -0.670. The van der Waals surface area contributed by atoms with Crippen LogP contribution in [-0.4, -0.2) is 22.7 Å². The number of aliphatic hydroxyl groups excluding tert-OH is 1. The predicted molar refractivity (Wildman–Crippen MR) is 70.7 cm³/mol. The number of fused-ring (bicyclic) bond motifs is 1. The highest BCUT2D eigenvalue weighted by Gasteiger charge is 2.43. The van der Waals surface area contributed by atoms with Crippen LogP contribution in [0.15, 0.2) is 18.2 Å². The Balaban J connectivity index is 1.88. The normalized spacial score (nSPS) is 22.5. The molecule has 0 saturated heterocycles. The fraction of sp³-hybridized carbons (Fsp3) is 0.571. The molecule has 1 unspecified atom stereocenters. The summed E-state index contributed by atoms with van der Waals surface area (Å²) in [5.74, 6) is 0.993. The number of rotatable bonds is 3. The van der Waals surface area contributed by atoms with E-state index in [1.165, 1.54) is 12.0 Å². The molecule has 1 aliphatic carbocycles. The second-order valence-corrected chi connectivity index (χ2v) is 6.21. The van der Waals surface area contributed by atoms with Gasteiger partial charge in [-0.1, -0.05) is 12.5 Å². The van der Waals surface area contributed by atoms with E-state index in [1.54, 1.807) is 0 Å². The van der Waals surface area contributed by atoms with E-state index in [9.17, 15) is 5.11 Å². The SMILES string of the molecule is CSC1(C(O)c2ccc3c(c2)CCO3)CCC1. The van der Waals surface area contributed by atoms with Crippen LogP contribution in [0.2, 0.25) is 0 Å². The number of ether oxygens (including phenoxy) is 1. The number of thioether (sulfide) groups is 1. The van der Waals surface area contributed by atoms with Gasteiger partial charge >= 0.3 is 0 Å². The Morgan fingerprint density at radius 1 is 1.41 bits per heavy atom. The minimum absolute atomic E-state index is 0.0632. The molecule has 1 aromatic rings. The molecule has 2 nitrogen and oxygen atoms in total. The quantitative estimate of drug-likeness (QED) is 0.894. The van der Waals surface area contributed by atoms with Crippen molar-refractivity contribution < 1.29 is 9.84 Å². The van der Waals surface area contributed by atoms with Gasteiger partial charge in [-0.2, -0.15) is 11.8 Å². The van der Waals surface area contributed by atoms with Crippen molar-refractivity contribution in [1.82, 2.24) is 0 Å². The minimum Gasteiger partial charge on any atom is -0.493 e. The molecule has 92 valence electrons. The van der Waals surface area contributed by atoms with Crippen molar-refractivity contribution in [3.63, 3.8) is 0 Å². The van der Waals surface area contributed by atoms with Crippen LogP contribution in [0, 0.1) is 0 Å². The minimum atomic E-state index is -0.336. The first-order valence-electron chi connectivity index (χ1n) is 6.24. The average Bonchev–Trinajstić information content (AvgIpc) is 2.74. The lowest BCUT2D eigenvalue weighted by Gasteiger charge is -2.44. The largest absolute Gasteiger partial charge is 0.493 e. The zero-order valence-corrected chi connectivity index (χ0v) is 10.9. The van der Waals surface area contributed by atoms with E-state index in [0.717, 1.165) is 37.2 Å². The fourth-order valence-corrected chi connectivity index (χ4v) is 3.85. The third-order valence-corrected chi connectivity index (χ3v) is 5.58. The topological polar surface area (TPSA) is 29.5 Å². The molecule has 17 heavy (non-hydrogen) atoms. The van der Waals surface area contributed by atoms with Crippen molar-refractivity contribution in [2.75, 3.05) is 12.9 Å². The molecule has 1 aliphatic heterocycles. The summed E-state index contributed by atoms with van der Waals surface area (Å²) in [6.07, 6.45) is 6.25. The monoisotopic (exact) mass is 250 g/mol. The summed E-state index contributed by atoms with van der Waals surface area (Å²) in [4.78, 5) is 0. The van der Waals surface area contributed by atoms with E-state index in [1.807, 2.05) is 23.9 Å². The molecule has 1 N–H and O–H groups in total. The molecule has 3 rings (SSSR count). The Labute approximate surface area is 106 Å². The maximum absolute atomic E-state index is 10.6. The molecule has 0 spiro atoms. The fourth-order valence-electron chi connectivity index (χ4n) is 2.79. The Morgan fingerprint density at radius 2 is 2.24 bits per heavy atom. The summed E-state index contributed by atoms with van der Waals surface area (Å²) in [6.45, 7) is 0.780. The summed E-state index contributed by atoms with van der Waals surface area (Å²) < 4.78 is 5.56. The zero-order chi connectivity index (χ0) is 11.9. The molecule has 1 atom stereocenters. The van der Waals surface area contributed by atoms with Gasteiger partial charge in [0.1, 0.15) is 5.75 Å². The molecule has 0 bridgehead atoms. The van der Waals surface area contributed by atoms with Crippen molar-refractivity contribution >= 4 is 11.8 Å². The van der Waals surface area contributed by atoms with Crippen LogP contribution in [0.3, 0.4) is 0 Å². The lowest BCUT2D eigenvalue weighted by atomic mass is 9.77. The van der Waals surface area contributed by atoms with Gasteiger partial charge in [0.2, 0.25) is 0 Å². The highest BCUT2D eigenvalue weighted by molar-refractivity contribution is 8.00. The number of hydrogen-bond donors (Lipinski definition) is 1. The Bertz CT molecular complexity index is 421. The van der Waals surface area contributed by atoms with Gasteiger partial charge in [0.15, 0.2) is 0 Å². The standard InChI is InChI=1S/C14H18O2S/c1-17-14(6-2-7-14)13(15)11-3-4-12-10(9-11)5-8-16-12/h3-4,9,13,15H,2,5-8H2,1H3. The molecular weight excluding hydrogens is 232 g/mol. The highest BCUT2D eigenvalue weighted by Crippen LogP contribution is 2.51. The van der Waals surface area contributed by atoms with Crippen LogP contribution in [0.25, 0.3) is 0 Å². The van der Waals surface area contributed by atoms with Crippen LogP contribution in [0.4, 0.5) is 0 Å². The second-order valence-electron chi connectivity index (χ2n) is 4.99. The molecule has 1 heterocycles. The molecule has 1 aromatic carbocycles. The molecule has 0 amide bonds. The van der Waals surface area contributed by atoms with E-state index in [2.05, 4.69) is 12.3 Å². The van der Waals surface area contributed by atoms with Gasteiger partial charge in [-0.25, -0.2) is 0 Å². The summed E-state index contributed by atoms with van der Waals surface area (Å²) in [6, 6.07) is 6.15. The van der Waals surface area contributed by atoms with Gasteiger partial charge in [-0.3, -0.25) is 0 Å². The lowest BCUT2D eigenvalue weighted by molar-refractivity contribution is 0.0876. The zero-order valence-electron chi connectivity index (χ0n) is 10.1. The van der Waals surface area contributed by atoms with Crippen molar-refractivity contribution in [3.8, 4) is 5.75 Å². The van der Waals surface area contributed by atoms with Crippen molar-refractivity contribution in [1.29, 1.82) is 0 Å². The summed E-state index contributed by atoms with van der Waals surface area (Å²) in [5, 5.41) is 10.6. The maximum Gasteiger partial charge on any atom is 0.122 e. The van der Waals surface area contributed by atoms with Gasteiger partial charge in [0.05, 0.1) is 12.7 Å². The summed E-state index contributed by atoms with van der Waals surface area (Å²) in [7, 11) is 0. The van der Waals surface area contributed by atoms with Gasteiger partial charge in [-0.05, 0) is 42.4 Å². The van der Waals surface area contributed by atoms with Crippen LogP contribution in [0.5, 0.6) is 5.75 Å². The van der Waals surface area contributed by atoms with E-state index in [-0.39, 0.29) is 10.9 Å². The Kier molecular flexibility index (Phi) is 2.83. The van der Waals surface area contributed by atoms with Crippen molar-refractivity contribution in [2.24, 2.45) is 0 Å². The first-order valence-corrected chi connectivity index (χ1v) is 7.46. The van der Waals surface area contributed by atoms with Crippen LogP contribution in [0.1, 0.15) is 36.5 Å². The molecular formula is C14H18O2S. The molecule has 1 saturated carbocycles. The number of aliphatic hydroxyl groups is 1. The number of benzene rings is 1. The lowest BCUT2D eigenvalue weighted by Crippen LogP contribution is -2.39. The molecule has 0 aromatic heterocycles. The van der Waals surface area contributed by atoms with E-state index >= 15 is 0 Å². The summed E-state index contributed by atoms with van der Waals surface area (Å²) in [5.41, 5.74) is 2.31. The van der Waals surface area contributed by atoms with Crippen LogP contribution >= 0.6 is 11.8 Å². The van der Waals surface area contributed by atoms with Gasteiger partial charge in [-0.15, -0.1) is 0 Å². The third kappa shape index (κ3) is 1.76. The van der Waals surface area contributed by atoms with Crippen molar-refractivity contribution in [3.05, 3.63) is 29.3 Å². The maximum atomic E-state index is 10.6. The number of hydrogen-bond acceptors (Lipinski definition) is 3. The van der Waals surface area contributed by atoms with E-state index in [0.29, 0.717) is 0 Å². The Morgan fingerprint density at radius 3 is 2.88 bits per heavy atom. The molecule has 0 radical (unpaired) electrons. The second kappa shape index (κ2) is 4.21. The predicted octanol–water partition coefficient (Wildman–Crippen LogP) is 2.94. The highest BCUT2D eigenvalue weighted by atomic mass is 32.2. The van der Waals surface area contributed by atoms with Crippen LogP contribution < -0.4 is 4.74 Å². The van der Waals surface area contributed by atoms with E-state index < -0.39 is 0 Å². The van der Waals surface area contributed by atoms with Gasteiger partial charge < -0.3 is 9.84 Å². The van der Waals surface area contributed by atoms with Crippen molar-refractivity contribution in [2.45, 2.75) is 36.5 Å². The van der Waals surface area contributed by atoms with Crippen LogP contribution in [-0.2, 0) is 6.42 Å². The smallest absolute Gasteiger partial charge is 0.122 e. The van der Waals surface area contributed by atoms with Gasteiger partial charge in [0.25, 0.3) is 0 Å².